The van der Waals surface area contributed by atoms with Gasteiger partial charge >= 0.3 is 0 Å². The van der Waals surface area contributed by atoms with E-state index in [9.17, 15) is 9.59 Å². The van der Waals surface area contributed by atoms with Crippen molar-refractivity contribution in [3.63, 3.8) is 0 Å². The summed E-state index contributed by atoms with van der Waals surface area (Å²) in [7, 11) is 2.11. The van der Waals surface area contributed by atoms with E-state index in [0.717, 1.165) is 53.9 Å². The van der Waals surface area contributed by atoms with Gasteiger partial charge in [-0.3, -0.25) is 9.59 Å². The number of anilines is 1. The number of hydrogen-bond donors (Lipinski definition) is 2. The van der Waals surface area contributed by atoms with Gasteiger partial charge in [-0.25, -0.2) is 5.43 Å². The smallest absolute Gasteiger partial charge is 0.273 e. The molecule has 7 nitrogen and oxygen atoms in total. The SMILES string of the molecule is CCN(CC)CCN(C)Cc1ccc(C(=O)Nc2ccc(Br)cc2C(=O)N/N=C/c2ccc(C)cc2)cc1. The lowest BCUT2D eigenvalue weighted by Gasteiger charge is -2.23. The van der Waals surface area contributed by atoms with E-state index in [2.05, 4.69) is 62.5 Å². The summed E-state index contributed by atoms with van der Waals surface area (Å²) in [5.41, 5.74) is 6.93. The van der Waals surface area contributed by atoms with E-state index < -0.39 is 5.91 Å². The van der Waals surface area contributed by atoms with Crippen molar-refractivity contribution < 1.29 is 9.59 Å². The van der Waals surface area contributed by atoms with Gasteiger partial charge in [0.25, 0.3) is 11.8 Å². The van der Waals surface area contributed by atoms with Crippen LogP contribution in [0.15, 0.2) is 76.3 Å². The van der Waals surface area contributed by atoms with E-state index in [0.29, 0.717) is 16.8 Å². The molecule has 0 saturated carbocycles. The predicted octanol–water partition coefficient (Wildman–Crippen LogP) is 5.55. The molecule has 0 aromatic heterocycles. The van der Waals surface area contributed by atoms with E-state index in [4.69, 9.17) is 0 Å². The van der Waals surface area contributed by atoms with Crippen LogP contribution in [0.4, 0.5) is 5.69 Å². The van der Waals surface area contributed by atoms with Gasteiger partial charge in [-0.1, -0.05) is 71.7 Å². The first kappa shape index (κ1) is 29.2. The highest BCUT2D eigenvalue weighted by Crippen LogP contribution is 2.22. The van der Waals surface area contributed by atoms with Crippen LogP contribution in [-0.4, -0.2) is 61.1 Å². The maximum atomic E-state index is 13.0. The number of amides is 2. The average molecular weight is 579 g/mol. The van der Waals surface area contributed by atoms with Gasteiger partial charge < -0.3 is 15.1 Å². The lowest BCUT2D eigenvalue weighted by Crippen LogP contribution is -2.32. The minimum atomic E-state index is -0.423. The first-order chi connectivity index (χ1) is 18.3. The number of hydrogen-bond acceptors (Lipinski definition) is 5. The summed E-state index contributed by atoms with van der Waals surface area (Å²) in [6.45, 7) is 11.3. The lowest BCUT2D eigenvalue weighted by atomic mass is 10.1. The minimum Gasteiger partial charge on any atom is -0.321 e. The number of rotatable bonds is 12. The maximum absolute atomic E-state index is 13.0. The van der Waals surface area contributed by atoms with Crippen LogP contribution >= 0.6 is 15.9 Å². The summed E-state index contributed by atoms with van der Waals surface area (Å²) in [6.07, 6.45) is 1.58. The molecule has 0 heterocycles. The third kappa shape index (κ3) is 8.90. The fraction of sp³-hybridized carbons (Fsp3) is 0.300. The van der Waals surface area contributed by atoms with Gasteiger partial charge in [0.2, 0.25) is 0 Å². The molecule has 3 aromatic rings. The second-order valence-corrected chi connectivity index (χ2v) is 10.1. The second-order valence-electron chi connectivity index (χ2n) is 9.22. The highest BCUT2D eigenvalue weighted by atomic mass is 79.9. The second kappa shape index (κ2) is 14.6. The number of halogens is 1. The molecule has 38 heavy (non-hydrogen) atoms. The molecule has 0 unspecified atom stereocenters. The zero-order valence-corrected chi connectivity index (χ0v) is 24.1. The van der Waals surface area contributed by atoms with Gasteiger partial charge in [-0.15, -0.1) is 0 Å². The van der Waals surface area contributed by atoms with Crippen LogP contribution < -0.4 is 10.7 Å². The Bertz CT molecular complexity index is 1240. The Balaban J connectivity index is 1.61. The maximum Gasteiger partial charge on any atom is 0.273 e. The molecule has 200 valence electrons. The van der Waals surface area contributed by atoms with Crippen molar-refractivity contribution >= 4 is 39.6 Å². The summed E-state index contributed by atoms with van der Waals surface area (Å²) in [6, 6.07) is 20.5. The number of carbonyl (C=O) groups excluding carboxylic acids is 2. The third-order valence-electron chi connectivity index (χ3n) is 6.29. The molecule has 0 saturated heterocycles. The van der Waals surface area contributed by atoms with Crippen LogP contribution in [-0.2, 0) is 6.54 Å². The Labute approximate surface area is 234 Å². The topological polar surface area (TPSA) is 77.0 Å². The molecular weight excluding hydrogens is 542 g/mol. The first-order valence-electron chi connectivity index (χ1n) is 12.8. The van der Waals surface area contributed by atoms with Crippen LogP contribution in [0.25, 0.3) is 0 Å². The first-order valence-corrected chi connectivity index (χ1v) is 13.6. The van der Waals surface area contributed by atoms with Crippen molar-refractivity contribution in [1.29, 1.82) is 0 Å². The standard InChI is InChI=1S/C30H36BrN5O2/c1-5-36(6-2)18-17-35(4)21-24-11-13-25(14-12-24)29(37)33-28-16-15-26(31)19-27(28)30(38)34-32-20-23-9-7-22(3)8-10-23/h7-16,19-20H,5-6,17-18,21H2,1-4H3,(H,33,37)(H,34,38)/b32-20+. The third-order valence-corrected chi connectivity index (χ3v) is 6.79. The van der Waals surface area contributed by atoms with E-state index in [-0.39, 0.29) is 5.91 Å². The Morgan fingerprint density at radius 2 is 1.61 bits per heavy atom. The Kier molecular flexibility index (Phi) is 11.2. The van der Waals surface area contributed by atoms with Crippen LogP contribution in [0.1, 0.15) is 51.3 Å². The monoisotopic (exact) mass is 577 g/mol. The Morgan fingerprint density at radius 1 is 0.921 bits per heavy atom. The number of carbonyl (C=O) groups is 2. The Hall–Kier alpha value is -3.33. The van der Waals surface area contributed by atoms with E-state index in [1.54, 1.807) is 24.4 Å². The zero-order chi connectivity index (χ0) is 27.5. The van der Waals surface area contributed by atoms with Crippen molar-refractivity contribution in [2.75, 3.05) is 38.5 Å². The summed E-state index contributed by atoms with van der Waals surface area (Å²) >= 11 is 3.40. The van der Waals surface area contributed by atoms with Gasteiger partial charge in [0, 0.05) is 29.7 Å². The van der Waals surface area contributed by atoms with Gasteiger partial charge in [-0.05, 0) is 68.5 Å². The zero-order valence-electron chi connectivity index (χ0n) is 22.5. The molecule has 0 bridgehead atoms. The molecule has 0 atom stereocenters. The molecule has 0 radical (unpaired) electrons. The summed E-state index contributed by atoms with van der Waals surface area (Å²) < 4.78 is 0.720. The minimum absolute atomic E-state index is 0.286. The molecule has 0 aliphatic heterocycles. The average Bonchev–Trinajstić information content (AvgIpc) is 2.91. The summed E-state index contributed by atoms with van der Waals surface area (Å²) in [5.74, 6) is -0.709. The highest BCUT2D eigenvalue weighted by Gasteiger charge is 2.15. The Morgan fingerprint density at radius 3 is 2.26 bits per heavy atom. The molecular formula is C30H36BrN5O2. The predicted molar refractivity (Wildman–Crippen MR) is 159 cm³/mol. The molecule has 2 N–H and O–H groups in total. The summed E-state index contributed by atoms with van der Waals surface area (Å²) in [4.78, 5) is 30.5. The number of benzene rings is 3. The number of hydrazone groups is 1. The van der Waals surface area contributed by atoms with Gasteiger partial charge in [0.05, 0.1) is 17.5 Å². The number of aryl methyl sites for hydroxylation is 1. The number of nitrogens with one attached hydrogen (secondary N) is 2. The quantitative estimate of drug-likeness (QED) is 0.218. The van der Waals surface area contributed by atoms with Gasteiger partial charge in [0.1, 0.15) is 0 Å². The molecule has 3 aromatic carbocycles. The molecule has 0 aliphatic carbocycles. The van der Waals surface area contributed by atoms with Gasteiger partial charge in [-0.2, -0.15) is 5.10 Å². The van der Waals surface area contributed by atoms with Crippen molar-refractivity contribution in [1.82, 2.24) is 15.2 Å². The fourth-order valence-electron chi connectivity index (χ4n) is 3.89. The van der Waals surface area contributed by atoms with Crippen LogP contribution in [0.5, 0.6) is 0 Å². The molecule has 3 rings (SSSR count). The van der Waals surface area contributed by atoms with Crippen molar-refractivity contribution in [3.8, 4) is 0 Å². The van der Waals surface area contributed by atoms with Crippen LogP contribution in [0.3, 0.4) is 0 Å². The van der Waals surface area contributed by atoms with Crippen molar-refractivity contribution in [2.24, 2.45) is 5.10 Å². The molecule has 0 fully saturated rings. The molecule has 0 aliphatic rings. The van der Waals surface area contributed by atoms with E-state index in [1.807, 2.05) is 55.5 Å². The lowest BCUT2D eigenvalue weighted by molar-refractivity contribution is 0.0956. The number of nitrogens with zero attached hydrogens (tertiary/aromatic N) is 3. The van der Waals surface area contributed by atoms with Crippen LogP contribution in [0, 0.1) is 6.92 Å². The molecule has 2 amide bonds. The normalized spacial score (nSPS) is 11.3. The largest absolute Gasteiger partial charge is 0.321 e. The van der Waals surface area contributed by atoms with E-state index >= 15 is 0 Å². The van der Waals surface area contributed by atoms with Crippen LogP contribution in [0.2, 0.25) is 0 Å². The summed E-state index contributed by atoms with van der Waals surface area (Å²) in [5, 5.41) is 6.93. The molecule has 8 heteroatoms. The fourth-order valence-corrected chi connectivity index (χ4v) is 4.25. The van der Waals surface area contributed by atoms with Gasteiger partial charge in [0.15, 0.2) is 0 Å². The molecule has 0 spiro atoms. The van der Waals surface area contributed by atoms with Crippen molar-refractivity contribution in [2.45, 2.75) is 27.3 Å². The highest BCUT2D eigenvalue weighted by molar-refractivity contribution is 9.10. The van der Waals surface area contributed by atoms with Crippen molar-refractivity contribution in [3.05, 3.63) is 99.0 Å². The number of likely N-dealkylation sites (N-methyl/N-ethyl adjacent to an activating group) is 2. The van der Waals surface area contributed by atoms with E-state index in [1.165, 1.54) is 0 Å².